The number of allylic oxidation sites excluding steroid dienone is 1. The molecule has 0 spiro atoms. The van der Waals surface area contributed by atoms with Gasteiger partial charge in [0.1, 0.15) is 18.2 Å². The molecule has 0 saturated carbocycles. The molecule has 168 valence electrons. The molecule has 0 unspecified atom stereocenters. The van der Waals surface area contributed by atoms with Gasteiger partial charge in [0.05, 0.1) is 19.8 Å². The van der Waals surface area contributed by atoms with E-state index in [1.807, 2.05) is 37.3 Å². The number of ketones is 1. The molecular weight excluding hydrogens is 420 g/mol. The minimum atomic E-state index is -0.142. The van der Waals surface area contributed by atoms with Gasteiger partial charge in [-0.15, -0.1) is 0 Å². The number of Topliss-reactive ketones (excluding diaryl/α,β-unsaturated/α-hetero) is 1. The Morgan fingerprint density at radius 1 is 1.06 bits per heavy atom. The number of carbonyl (C=O) groups is 1. The van der Waals surface area contributed by atoms with Crippen molar-refractivity contribution in [2.45, 2.75) is 20.0 Å². The Labute approximate surface area is 192 Å². The summed E-state index contributed by atoms with van der Waals surface area (Å²) < 4.78 is 22.7. The summed E-state index contributed by atoms with van der Waals surface area (Å²) >= 11 is 0. The Morgan fingerprint density at radius 3 is 2.61 bits per heavy atom. The van der Waals surface area contributed by atoms with Crippen molar-refractivity contribution in [2.75, 3.05) is 21.0 Å². The molecule has 3 aromatic rings. The van der Waals surface area contributed by atoms with Crippen molar-refractivity contribution < 1.29 is 23.7 Å². The van der Waals surface area contributed by atoms with Crippen LogP contribution in [0.3, 0.4) is 0 Å². The molecule has 5 rings (SSSR count). The highest BCUT2D eigenvalue weighted by molar-refractivity contribution is 6.15. The van der Waals surface area contributed by atoms with Gasteiger partial charge in [0.2, 0.25) is 5.78 Å². The van der Waals surface area contributed by atoms with E-state index >= 15 is 0 Å². The summed E-state index contributed by atoms with van der Waals surface area (Å²) in [7, 11) is 3.16. The maximum Gasteiger partial charge on any atom is 0.231 e. The van der Waals surface area contributed by atoms with Gasteiger partial charge in [-0.05, 0) is 54.5 Å². The predicted molar refractivity (Wildman–Crippen MR) is 123 cm³/mol. The molecule has 1 aromatic heterocycles. The average molecular weight is 444 g/mol. The molecule has 33 heavy (non-hydrogen) atoms. The van der Waals surface area contributed by atoms with E-state index in [1.165, 1.54) is 0 Å². The number of ether oxygens (including phenoxy) is 4. The van der Waals surface area contributed by atoms with E-state index in [9.17, 15) is 4.79 Å². The third-order valence-corrected chi connectivity index (χ3v) is 5.86. The minimum absolute atomic E-state index is 0.142. The monoisotopic (exact) mass is 444 g/mol. The first kappa shape index (κ1) is 21.0. The lowest BCUT2D eigenvalue weighted by Crippen LogP contribution is -2.32. The summed E-state index contributed by atoms with van der Waals surface area (Å²) in [5.41, 5.74) is 4.33. The molecule has 0 N–H and O–H groups in total. The SMILES string of the molecule is COc1ccc(C=C2Oc3c(cc4c(c3C)OCN(Cc3ccncc3)C4)C2=O)cc1OC. The Morgan fingerprint density at radius 2 is 1.85 bits per heavy atom. The second-order valence-corrected chi connectivity index (χ2v) is 8.04. The van der Waals surface area contributed by atoms with E-state index < -0.39 is 0 Å². The van der Waals surface area contributed by atoms with Crippen LogP contribution in [0.4, 0.5) is 0 Å². The lowest BCUT2D eigenvalue weighted by Gasteiger charge is -2.30. The van der Waals surface area contributed by atoms with Crippen LogP contribution in [0, 0.1) is 6.92 Å². The number of pyridine rings is 1. The van der Waals surface area contributed by atoms with Gasteiger partial charge in [-0.25, -0.2) is 0 Å². The number of hydrogen-bond donors (Lipinski definition) is 0. The number of methoxy groups -OCH3 is 2. The standard InChI is InChI=1S/C26H24N2O5/c1-16-25-19(14-28(15-32-25)13-17-6-8-27-9-7-17)12-20-24(29)23(33-26(16)20)11-18-4-5-21(30-2)22(10-18)31-3/h4-12H,13-15H2,1-3H3. The Hall–Kier alpha value is -3.84. The number of fused-ring (bicyclic) bond motifs is 2. The van der Waals surface area contributed by atoms with Crippen LogP contribution in [0.5, 0.6) is 23.0 Å². The van der Waals surface area contributed by atoms with Crippen LogP contribution >= 0.6 is 0 Å². The van der Waals surface area contributed by atoms with Gasteiger partial charge in [-0.1, -0.05) is 6.07 Å². The molecule has 7 heteroatoms. The van der Waals surface area contributed by atoms with E-state index in [1.54, 1.807) is 38.8 Å². The summed E-state index contributed by atoms with van der Waals surface area (Å²) in [6.45, 7) is 3.83. The Bertz CT molecular complexity index is 1250. The van der Waals surface area contributed by atoms with Gasteiger partial charge in [0.15, 0.2) is 17.3 Å². The smallest absolute Gasteiger partial charge is 0.231 e. The maximum absolute atomic E-state index is 13.2. The zero-order valence-electron chi connectivity index (χ0n) is 18.8. The third-order valence-electron chi connectivity index (χ3n) is 5.86. The largest absolute Gasteiger partial charge is 0.493 e. The van der Waals surface area contributed by atoms with Crippen LogP contribution in [0.1, 0.15) is 32.6 Å². The van der Waals surface area contributed by atoms with Crippen LogP contribution in [-0.2, 0) is 13.1 Å². The number of carbonyl (C=O) groups excluding carboxylic acids is 1. The summed E-state index contributed by atoms with van der Waals surface area (Å²) in [6.07, 6.45) is 5.29. The summed E-state index contributed by atoms with van der Waals surface area (Å²) in [5, 5.41) is 0. The fourth-order valence-electron chi connectivity index (χ4n) is 4.24. The second kappa shape index (κ2) is 8.60. The molecule has 0 fully saturated rings. The molecule has 0 aliphatic carbocycles. The lowest BCUT2D eigenvalue weighted by molar-refractivity contribution is 0.0876. The maximum atomic E-state index is 13.2. The summed E-state index contributed by atoms with van der Waals surface area (Å²) in [4.78, 5) is 19.4. The molecule has 0 radical (unpaired) electrons. The van der Waals surface area contributed by atoms with Gasteiger partial charge in [-0.2, -0.15) is 0 Å². The Balaban J connectivity index is 1.42. The zero-order chi connectivity index (χ0) is 22.9. The molecule has 7 nitrogen and oxygen atoms in total. The molecular formula is C26H24N2O5. The molecule has 3 heterocycles. The quantitative estimate of drug-likeness (QED) is 0.541. The number of hydrogen-bond acceptors (Lipinski definition) is 7. The van der Waals surface area contributed by atoms with Crippen LogP contribution in [0.2, 0.25) is 0 Å². The van der Waals surface area contributed by atoms with Gasteiger partial charge >= 0.3 is 0 Å². The molecule has 2 aliphatic heterocycles. The number of benzene rings is 2. The molecule has 2 aliphatic rings. The minimum Gasteiger partial charge on any atom is -0.493 e. The molecule has 0 saturated heterocycles. The molecule has 0 bridgehead atoms. The fourth-order valence-corrected chi connectivity index (χ4v) is 4.24. The molecule has 2 aromatic carbocycles. The Kier molecular flexibility index (Phi) is 5.48. The van der Waals surface area contributed by atoms with Crippen molar-refractivity contribution in [3.05, 3.63) is 82.4 Å². The number of aromatic nitrogens is 1. The van der Waals surface area contributed by atoms with E-state index in [0.29, 0.717) is 36.1 Å². The zero-order valence-corrected chi connectivity index (χ0v) is 18.8. The first-order valence-electron chi connectivity index (χ1n) is 10.6. The van der Waals surface area contributed by atoms with E-state index in [0.717, 1.165) is 34.5 Å². The van der Waals surface area contributed by atoms with Crippen LogP contribution in [-0.4, -0.2) is 36.6 Å². The lowest BCUT2D eigenvalue weighted by atomic mass is 10.00. The van der Waals surface area contributed by atoms with Crippen molar-refractivity contribution in [3.63, 3.8) is 0 Å². The molecule has 0 atom stereocenters. The third kappa shape index (κ3) is 3.91. The first-order valence-corrected chi connectivity index (χ1v) is 10.6. The van der Waals surface area contributed by atoms with Gasteiger partial charge < -0.3 is 18.9 Å². The van der Waals surface area contributed by atoms with Crippen molar-refractivity contribution in [3.8, 4) is 23.0 Å². The highest BCUT2D eigenvalue weighted by Crippen LogP contribution is 2.43. The summed E-state index contributed by atoms with van der Waals surface area (Å²) in [5.74, 6) is 2.70. The summed E-state index contributed by atoms with van der Waals surface area (Å²) in [6, 6.07) is 11.3. The first-order chi connectivity index (χ1) is 16.1. The van der Waals surface area contributed by atoms with Gasteiger partial charge in [0.25, 0.3) is 0 Å². The van der Waals surface area contributed by atoms with Crippen LogP contribution < -0.4 is 18.9 Å². The highest BCUT2D eigenvalue weighted by atomic mass is 16.5. The van der Waals surface area contributed by atoms with E-state index in [-0.39, 0.29) is 11.5 Å². The second-order valence-electron chi connectivity index (χ2n) is 8.04. The topological polar surface area (TPSA) is 70.1 Å². The van der Waals surface area contributed by atoms with Gasteiger partial charge in [-0.3, -0.25) is 14.7 Å². The van der Waals surface area contributed by atoms with Crippen molar-refractivity contribution >= 4 is 11.9 Å². The normalized spacial score (nSPS) is 16.1. The van der Waals surface area contributed by atoms with Gasteiger partial charge in [0, 0.05) is 36.6 Å². The van der Waals surface area contributed by atoms with Crippen molar-refractivity contribution in [2.24, 2.45) is 0 Å². The van der Waals surface area contributed by atoms with Crippen LogP contribution in [0.25, 0.3) is 6.08 Å². The van der Waals surface area contributed by atoms with E-state index in [2.05, 4.69) is 9.88 Å². The average Bonchev–Trinajstić information content (AvgIpc) is 3.15. The number of rotatable bonds is 5. The predicted octanol–water partition coefficient (Wildman–Crippen LogP) is 4.38. The van der Waals surface area contributed by atoms with E-state index in [4.69, 9.17) is 18.9 Å². The van der Waals surface area contributed by atoms with Crippen LogP contribution in [0.15, 0.2) is 54.6 Å². The highest BCUT2D eigenvalue weighted by Gasteiger charge is 2.33. The fraction of sp³-hybridized carbons (Fsp3) is 0.231. The molecule has 0 amide bonds. The number of nitrogens with zero attached hydrogens (tertiary/aromatic N) is 2. The van der Waals surface area contributed by atoms with Crippen molar-refractivity contribution in [1.29, 1.82) is 0 Å². The van der Waals surface area contributed by atoms with Crippen molar-refractivity contribution in [1.82, 2.24) is 9.88 Å².